The van der Waals surface area contributed by atoms with Crippen molar-refractivity contribution in [3.63, 3.8) is 0 Å². The van der Waals surface area contributed by atoms with Gasteiger partial charge in [-0.1, -0.05) is 0 Å². The Morgan fingerprint density at radius 2 is 1.00 bits per heavy atom. The fourth-order valence-corrected chi connectivity index (χ4v) is 2.10. The monoisotopic (exact) mass is 382 g/mol. The van der Waals surface area contributed by atoms with Crippen LogP contribution in [0.15, 0.2) is 12.1 Å². The fraction of sp³-hybridized carbons (Fsp3) is 0.571. The predicted octanol–water partition coefficient (Wildman–Crippen LogP) is 4.31. The molecule has 0 spiro atoms. The van der Waals surface area contributed by atoms with Gasteiger partial charge >= 0.3 is 0 Å². The van der Waals surface area contributed by atoms with Gasteiger partial charge in [0, 0.05) is 12.1 Å². The third kappa shape index (κ3) is 6.93. The zero-order valence-electron chi connectivity index (χ0n) is 12.9. The van der Waals surface area contributed by atoms with Crippen molar-refractivity contribution in [2.45, 2.75) is 49.4 Å². The van der Waals surface area contributed by atoms with Crippen molar-refractivity contribution >= 4 is 50.5 Å². The second-order valence-electron chi connectivity index (χ2n) is 4.62. The van der Waals surface area contributed by atoms with Gasteiger partial charge in [-0.25, -0.2) is 0 Å². The van der Waals surface area contributed by atoms with Crippen molar-refractivity contribution < 1.29 is 18.9 Å². The van der Waals surface area contributed by atoms with Gasteiger partial charge in [-0.15, -0.1) is 50.5 Å². The summed E-state index contributed by atoms with van der Waals surface area (Å²) >= 11 is 17.0. The van der Waals surface area contributed by atoms with E-state index in [0.717, 1.165) is 0 Å². The quantitative estimate of drug-likeness (QED) is 0.399. The van der Waals surface area contributed by atoms with Crippen LogP contribution < -0.4 is 18.9 Å². The molecule has 8 heteroatoms. The summed E-state index contributed by atoms with van der Waals surface area (Å²) in [7, 11) is 0. The van der Waals surface area contributed by atoms with Gasteiger partial charge in [0.25, 0.3) is 0 Å². The van der Waals surface area contributed by atoms with Gasteiger partial charge < -0.3 is 18.9 Å². The van der Waals surface area contributed by atoms with Gasteiger partial charge in [0.05, 0.1) is 0 Å². The Morgan fingerprint density at radius 3 is 1.32 bits per heavy atom. The second kappa shape index (κ2) is 9.20. The van der Waals surface area contributed by atoms with Crippen molar-refractivity contribution in [1.29, 1.82) is 0 Å². The predicted molar refractivity (Wildman–Crippen MR) is 103 cm³/mol. The van der Waals surface area contributed by atoms with Gasteiger partial charge in [0.2, 0.25) is 5.75 Å². The molecule has 1 aromatic carbocycles. The molecular weight excluding hydrogens is 360 g/mol. The first-order chi connectivity index (χ1) is 10.2. The van der Waals surface area contributed by atoms with E-state index in [4.69, 9.17) is 18.9 Å². The summed E-state index contributed by atoms with van der Waals surface area (Å²) in [5, 5.41) is 0. The van der Waals surface area contributed by atoms with E-state index in [0.29, 0.717) is 23.0 Å². The Labute approximate surface area is 153 Å². The maximum absolute atomic E-state index is 5.71. The Hall–Kier alpha value is -0.180. The van der Waals surface area contributed by atoms with Gasteiger partial charge in [-0.2, -0.15) is 0 Å². The van der Waals surface area contributed by atoms with Crippen LogP contribution in [-0.2, 0) is 0 Å². The smallest absolute Gasteiger partial charge is 0.205 e. The van der Waals surface area contributed by atoms with E-state index in [1.807, 2.05) is 6.92 Å². The molecular formula is C14H22O4S4. The Balaban J connectivity index is 3.31. The molecule has 4 nitrogen and oxygen atoms in total. The molecule has 0 fully saturated rings. The van der Waals surface area contributed by atoms with Crippen LogP contribution in [0.1, 0.15) is 27.7 Å². The molecule has 126 valence electrons. The van der Waals surface area contributed by atoms with Gasteiger partial charge in [0.1, 0.15) is 27.5 Å². The summed E-state index contributed by atoms with van der Waals surface area (Å²) in [6.45, 7) is 7.21. The normalized spacial score (nSPS) is 16.4. The highest BCUT2D eigenvalue weighted by Gasteiger charge is 2.20. The standard InChI is InChI=1S/C14H22O4S4/c1-7(19)15-11-5-12(16-8(2)20)14(18-10(4)22)13(6-11)17-9(3)21/h5-10,19-22H,1-4H3. The molecule has 0 bridgehead atoms. The maximum atomic E-state index is 5.71. The molecule has 0 N–H and O–H groups in total. The first-order valence-corrected chi connectivity index (χ1v) is 8.82. The summed E-state index contributed by atoms with van der Waals surface area (Å²) in [4.78, 5) is 0. The molecule has 0 heterocycles. The summed E-state index contributed by atoms with van der Waals surface area (Å²) in [5.41, 5.74) is -1.28. The van der Waals surface area contributed by atoms with Crippen molar-refractivity contribution in [3.05, 3.63) is 12.1 Å². The molecule has 0 radical (unpaired) electrons. The second-order valence-corrected chi connectivity index (χ2v) is 7.53. The highest BCUT2D eigenvalue weighted by atomic mass is 32.1. The average molecular weight is 383 g/mol. The minimum Gasteiger partial charge on any atom is -0.480 e. The lowest BCUT2D eigenvalue weighted by atomic mass is 10.2. The van der Waals surface area contributed by atoms with E-state index in [9.17, 15) is 0 Å². The number of benzene rings is 1. The first kappa shape index (κ1) is 19.9. The van der Waals surface area contributed by atoms with Crippen molar-refractivity contribution in [2.75, 3.05) is 0 Å². The summed E-state index contributed by atoms with van der Waals surface area (Å²) < 4.78 is 22.7. The Kier molecular flexibility index (Phi) is 8.31. The van der Waals surface area contributed by atoms with Crippen molar-refractivity contribution in [2.24, 2.45) is 0 Å². The van der Waals surface area contributed by atoms with Crippen LogP contribution >= 0.6 is 50.5 Å². The number of hydrogen-bond donors (Lipinski definition) is 4. The number of ether oxygens (including phenoxy) is 4. The largest absolute Gasteiger partial charge is 0.480 e. The number of thiol groups is 4. The topological polar surface area (TPSA) is 36.9 Å². The third-order valence-corrected chi connectivity index (χ3v) is 2.61. The minimum atomic E-state index is -0.342. The molecule has 0 saturated heterocycles. The van der Waals surface area contributed by atoms with E-state index in [2.05, 4.69) is 50.5 Å². The zero-order valence-corrected chi connectivity index (χ0v) is 16.5. The van der Waals surface area contributed by atoms with Crippen LogP contribution in [0.3, 0.4) is 0 Å². The van der Waals surface area contributed by atoms with E-state index in [-0.39, 0.29) is 21.7 Å². The first-order valence-electron chi connectivity index (χ1n) is 6.76. The molecule has 1 aromatic rings. The fourth-order valence-electron chi connectivity index (χ4n) is 1.65. The highest BCUT2D eigenvalue weighted by molar-refractivity contribution is 7.81. The molecule has 1 rings (SSSR count). The van der Waals surface area contributed by atoms with Crippen LogP contribution in [0.5, 0.6) is 23.0 Å². The maximum Gasteiger partial charge on any atom is 0.205 e. The van der Waals surface area contributed by atoms with E-state index in [1.54, 1.807) is 32.9 Å². The van der Waals surface area contributed by atoms with Crippen LogP contribution in [-0.4, -0.2) is 21.7 Å². The number of hydrogen-bond acceptors (Lipinski definition) is 8. The molecule has 0 aliphatic heterocycles. The van der Waals surface area contributed by atoms with E-state index >= 15 is 0 Å². The third-order valence-electron chi connectivity index (χ3n) is 2.18. The highest BCUT2D eigenvalue weighted by Crippen LogP contribution is 2.43. The van der Waals surface area contributed by atoms with Crippen LogP contribution in [0.4, 0.5) is 0 Å². The van der Waals surface area contributed by atoms with Gasteiger partial charge in [-0.05, 0) is 27.7 Å². The zero-order chi connectivity index (χ0) is 16.9. The molecule has 0 aliphatic rings. The lowest BCUT2D eigenvalue weighted by Crippen LogP contribution is -2.12. The Morgan fingerprint density at radius 1 is 0.636 bits per heavy atom. The molecule has 0 amide bonds. The number of rotatable bonds is 8. The summed E-state index contributed by atoms with van der Waals surface area (Å²) in [6.07, 6.45) is 0. The van der Waals surface area contributed by atoms with Crippen molar-refractivity contribution in [1.82, 2.24) is 0 Å². The molecule has 4 atom stereocenters. The minimum absolute atomic E-state index is 0.280. The summed E-state index contributed by atoms with van der Waals surface area (Å²) in [5.74, 6) is 1.90. The van der Waals surface area contributed by atoms with Gasteiger partial charge in [0.15, 0.2) is 11.5 Å². The molecule has 4 unspecified atom stereocenters. The van der Waals surface area contributed by atoms with Crippen LogP contribution in [0, 0.1) is 0 Å². The SMILES string of the molecule is CC(S)Oc1cc(OC(C)S)c(OC(C)S)c(OC(C)S)c1. The molecule has 0 aliphatic carbocycles. The Bertz CT molecular complexity index is 447. The average Bonchev–Trinajstić information content (AvgIpc) is 2.30. The van der Waals surface area contributed by atoms with Crippen LogP contribution in [0.25, 0.3) is 0 Å². The lowest BCUT2D eigenvalue weighted by molar-refractivity contribution is 0.229. The van der Waals surface area contributed by atoms with Gasteiger partial charge in [-0.3, -0.25) is 0 Å². The van der Waals surface area contributed by atoms with Crippen molar-refractivity contribution in [3.8, 4) is 23.0 Å². The lowest BCUT2D eigenvalue weighted by Gasteiger charge is -2.22. The van der Waals surface area contributed by atoms with E-state index in [1.165, 1.54) is 0 Å². The molecule has 0 saturated carbocycles. The summed E-state index contributed by atoms with van der Waals surface area (Å²) in [6, 6.07) is 3.42. The van der Waals surface area contributed by atoms with E-state index < -0.39 is 0 Å². The molecule has 0 aromatic heterocycles. The molecule has 22 heavy (non-hydrogen) atoms. The van der Waals surface area contributed by atoms with Crippen LogP contribution in [0.2, 0.25) is 0 Å².